The monoisotopic (exact) mass is 360 g/mol. The van der Waals surface area contributed by atoms with Crippen LogP contribution in [0.2, 0.25) is 5.02 Å². The van der Waals surface area contributed by atoms with Gasteiger partial charge in [0.25, 0.3) is 0 Å². The van der Waals surface area contributed by atoms with Gasteiger partial charge in [0, 0.05) is 24.0 Å². The number of halogens is 2. The average Bonchev–Trinajstić information content (AvgIpc) is 2.62. The third-order valence-corrected chi connectivity index (χ3v) is 4.87. The Bertz CT molecular complexity index is 712. The molecule has 1 saturated heterocycles. The Kier molecular flexibility index (Phi) is 6.05. The number of hydrogen-bond acceptors (Lipinski definition) is 2. The van der Waals surface area contributed by atoms with E-state index in [-0.39, 0.29) is 17.6 Å². The van der Waals surface area contributed by atoms with E-state index in [1.807, 2.05) is 18.2 Å². The minimum absolute atomic E-state index is 0.0519. The molecule has 0 aliphatic carbocycles. The summed E-state index contributed by atoms with van der Waals surface area (Å²) in [6.45, 7) is 3.12. The molecule has 1 N–H and O–H groups in total. The van der Waals surface area contributed by atoms with Gasteiger partial charge in [-0.2, -0.15) is 0 Å². The fourth-order valence-electron chi connectivity index (χ4n) is 3.18. The number of carbonyl (C=O) groups is 1. The van der Waals surface area contributed by atoms with Gasteiger partial charge in [-0.05, 0) is 61.3 Å². The summed E-state index contributed by atoms with van der Waals surface area (Å²) in [7, 11) is 0. The van der Waals surface area contributed by atoms with Crippen molar-refractivity contribution in [2.24, 2.45) is 5.92 Å². The van der Waals surface area contributed by atoms with Crippen LogP contribution in [0.15, 0.2) is 48.5 Å². The van der Waals surface area contributed by atoms with Crippen LogP contribution in [-0.4, -0.2) is 23.9 Å². The van der Waals surface area contributed by atoms with Crippen LogP contribution in [0.25, 0.3) is 0 Å². The van der Waals surface area contributed by atoms with Gasteiger partial charge in [-0.1, -0.05) is 35.9 Å². The molecule has 0 saturated carbocycles. The van der Waals surface area contributed by atoms with E-state index < -0.39 is 0 Å². The van der Waals surface area contributed by atoms with Crippen LogP contribution in [0.1, 0.15) is 24.0 Å². The van der Waals surface area contributed by atoms with Crippen LogP contribution < -0.4 is 5.32 Å². The first-order valence-corrected chi connectivity index (χ1v) is 8.97. The van der Waals surface area contributed by atoms with Crippen molar-refractivity contribution in [1.82, 2.24) is 10.2 Å². The van der Waals surface area contributed by atoms with Crippen molar-refractivity contribution in [2.75, 3.05) is 13.1 Å². The number of rotatable bonds is 5. The van der Waals surface area contributed by atoms with E-state index in [0.29, 0.717) is 6.54 Å². The van der Waals surface area contributed by atoms with Gasteiger partial charge >= 0.3 is 0 Å². The summed E-state index contributed by atoms with van der Waals surface area (Å²) >= 11 is 6.03. The summed E-state index contributed by atoms with van der Waals surface area (Å²) in [6, 6.07) is 14.1. The normalized spacial score (nSPS) is 15.9. The second kappa shape index (κ2) is 8.45. The highest BCUT2D eigenvalue weighted by molar-refractivity contribution is 6.30. The lowest BCUT2D eigenvalue weighted by Gasteiger charge is -2.31. The minimum atomic E-state index is -0.262. The van der Waals surface area contributed by atoms with Crippen molar-refractivity contribution in [3.05, 3.63) is 70.5 Å². The van der Waals surface area contributed by atoms with Crippen LogP contribution in [0, 0.1) is 11.7 Å². The second-order valence-corrected chi connectivity index (χ2v) is 6.96. The lowest BCUT2D eigenvalue weighted by Crippen LogP contribution is -2.40. The van der Waals surface area contributed by atoms with Gasteiger partial charge in [-0.25, -0.2) is 4.39 Å². The molecule has 1 aliphatic heterocycles. The van der Waals surface area contributed by atoms with E-state index in [1.54, 1.807) is 12.1 Å². The maximum atomic E-state index is 12.9. The van der Waals surface area contributed by atoms with Crippen LogP contribution in [-0.2, 0) is 17.9 Å². The third kappa shape index (κ3) is 5.28. The Balaban J connectivity index is 1.43. The minimum Gasteiger partial charge on any atom is -0.352 e. The Morgan fingerprint density at radius 2 is 1.84 bits per heavy atom. The topological polar surface area (TPSA) is 32.3 Å². The molecule has 0 radical (unpaired) electrons. The Morgan fingerprint density at radius 3 is 2.52 bits per heavy atom. The largest absolute Gasteiger partial charge is 0.352 e. The van der Waals surface area contributed by atoms with E-state index in [2.05, 4.69) is 16.3 Å². The summed E-state index contributed by atoms with van der Waals surface area (Å²) in [5, 5.41) is 3.72. The van der Waals surface area contributed by atoms with Crippen molar-refractivity contribution >= 4 is 17.5 Å². The third-order valence-electron chi connectivity index (χ3n) is 4.63. The van der Waals surface area contributed by atoms with Crippen molar-refractivity contribution in [3.8, 4) is 0 Å². The quantitative estimate of drug-likeness (QED) is 0.873. The molecule has 5 heteroatoms. The number of piperidine rings is 1. The number of nitrogens with zero attached hydrogens (tertiary/aromatic N) is 1. The lowest BCUT2D eigenvalue weighted by molar-refractivity contribution is -0.126. The number of hydrogen-bond donors (Lipinski definition) is 1. The van der Waals surface area contributed by atoms with Gasteiger partial charge in [0.1, 0.15) is 5.82 Å². The van der Waals surface area contributed by atoms with Crippen LogP contribution in [0.4, 0.5) is 4.39 Å². The van der Waals surface area contributed by atoms with Gasteiger partial charge in [0.15, 0.2) is 0 Å². The first-order valence-electron chi connectivity index (χ1n) is 8.59. The van der Waals surface area contributed by atoms with Crippen molar-refractivity contribution < 1.29 is 9.18 Å². The molecule has 3 nitrogen and oxygen atoms in total. The van der Waals surface area contributed by atoms with Gasteiger partial charge < -0.3 is 5.32 Å². The van der Waals surface area contributed by atoms with Gasteiger partial charge in [-0.3, -0.25) is 9.69 Å². The highest BCUT2D eigenvalue weighted by atomic mass is 35.5. The van der Waals surface area contributed by atoms with E-state index in [1.165, 1.54) is 17.7 Å². The van der Waals surface area contributed by atoms with E-state index >= 15 is 0 Å². The summed E-state index contributed by atoms with van der Waals surface area (Å²) < 4.78 is 12.9. The lowest BCUT2D eigenvalue weighted by atomic mass is 9.95. The molecule has 0 bridgehead atoms. The number of likely N-dealkylation sites (tertiary alicyclic amines) is 1. The summed E-state index contributed by atoms with van der Waals surface area (Å²) in [6.07, 6.45) is 1.71. The predicted molar refractivity (Wildman–Crippen MR) is 97.7 cm³/mol. The highest BCUT2D eigenvalue weighted by Crippen LogP contribution is 2.20. The second-order valence-electron chi connectivity index (χ2n) is 6.52. The van der Waals surface area contributed by atoms with Crippen molar-refractivity contribution in [1.29, 1.82) is 0 Å². The summed E-state index contributed by atoms with van der Waals surface area (Å²) in [4.78, 5) is 14.7. The fourth-order valence-corrected chi connectivity index (χ4v) is 3.40. The molecule has 25 heavy (non-hydrogen) atoms. The van der Waals surface area contributed by atoms with Gasteiger partial charge in [0.2, 0.25) is 5.91 Å². The zero-order chi connectivity index (χ0) is 17.6. The van der Waals surface area contributed by atoms with Crippen LogP contribution in [0.3, 0.4) is 0 Å². The zero-order valence-electron chi connectivity index (χ0n) is 14.1. The fraction of sp³-hybridized carbons (Fsp3) is 0.350. The molecule has 0 unspecified atom stereocenters. The average molecular weight is 361 g/mol. The highest BCUT2D eigenvalue weighted by Gasteiger charge is 2.24. The maximum absolute atomic E-state index is 12.9. The molecular formula is C20H22ClFN2O. The summed E-state index contributed by atoms with van der Waals surface area (Å²) in [5.74, 6) is -0.120. The zero-order valence-corrected chi connectivity index (χ0v) is 14.8. The molecule has 1 aliphatic rings. The smallest absolute Gasteiger partial charge is 0.223 e. The molecular weight excluding hydrogens is 339 g/mol. The number of carbonyl (C=O) groups excluding carboxylic acids is 1. The molecule has 0 spiro atoms. The number of nitrogens with one attached hydrogen (secondary N) is 1. The number of amides is 1. The Morgan fingerprint density at radius 1 is 1.12 bits per heavy atom. The molecule has 1 amide bonds. The maximum Gasteiger partial charge on any atom is 0.223 e. The first-order chi connectivity index (χ1) is 12.1. The first kappa shape index (κ1) is 17.9. The van der Waals surface area contributed by atoms with Crippen molar-refractivity contribution in [2.45, 2.75) is 25.9 Å². The SMILES string of the molecule is O=C(NCc1ccc(F)cc1)C1CCN(Cc2cccc(Cl)c2)CC1. The molecule has 1 heterocycles. The predicted octanol–water partition coefficient (Wildman–Crippen LogP) is 4.01. The van der Waals surface area contributed by atoms with Crippen LogP contribution in [0.5, 0.6) is 0 Å². The van der Waals surface area contributed by atoms with Gasteiger partial charge in [0.05, 0.1) is 0 Å². The molecule has 132 valence electrons. The van der Waals surface area contributed by atoms with E-state index in [4.69, 9.17) is 11.6 Å². The van der Waals surface area contributed by atoms with E-state index in [9.17, 15) is 9.18 Å². The Hall–Kier alpha value is -1.91. The molecule has 1 fully saturated rings. The standard InChI is InChI=1S/C20H22ClFN2O/c21-18-3-1-2-16(12-18)14-24-10-8-17(9-11-24)20(25)23-13-15-4-6-19(22)7-5-15/h1-7,12,17H,8-11,13-14H2,(H,23,25). The molecule has 0 aromatic heterocycles. The molecule has 0 atom stereocenters. The van der Waals surface area contributed by atoms with Gasteiger partial charge in [-0.15, -0.1) is 0 Å². The molecule has 3 rings (SSSR count). The van der Waals surface area contributed by atoms with Crippen LogP contribution >= 0.6 is 11.6 Å². The summed E-state index contributed by atoms with van der Waals surface area (Å²) in [5.41, 5.74) is 2.11. The van der Waals surface area contributed by atoms with Crippen molar-refractivity contribution in [3.63, 3.8) is 0 Å². The number of benzene rings is 2. The van der Waals surface area contributed by atoms with E-state index in [0.717, 1.165) is 43.1 Å². The Labute approximate surface area is 152 Å². The molecule has 2 aromatic rings. The molecule has 2 aromatic carbocycles.